The molecule has 5 heteroatoms. The van der Waals surface area contributed by atoms with Crippen LogP contribution in [0.25, 0.3) is 0 Å². The first-order valence-electron chi connectivity index (χ1n) is 7.23. The minimum atomic E-state index is 0.398. The third-order valence-electron chi connectivity index (χ3n) is 4.39. The molecule has 0 amide bonds. The Morgan fingerprint density at radius 2 is 2.00 bits per heavy atom. The second-order valence-electron chi connectivity index (χ2n) is 5.66. The Labute approximate surface area is 130 Å². The summed E-state index contributed by atoms with van der Waals surface area (Å²) in [6.07, 6.45) is 3.92. The summed E-state index contributed by atoms with van der Waals surface area (Å²) in [4.78, 5) is 5.40. The van der Waals surface area contributed by atoms with Crippen molar-refractivity contribution in [2.75, 3.05) is 31.1 Å². The van der Waals surface area contributed by atoms with E-state index in [0.29, 0.717) is 11.0 Å². The molecule has 2 aliphatic rings. The summed E-state index contributed by atoms with van der Waals surface area (Å²) >= 11 is 11.4. The number of hydrogen-bond donors (Lipinski definition) is 1. The van der Waals surface area contributed by atoms with Gasteiger partial charge in [-0.1, -0.05) is 23.8 Å². The third kappa shape index (κ3) is 2.78. The topological polar surface area (TPSA) is 32.5 Å². The van der Waals surface area contributed by atoms with Crippen molar-refractivity contribution in [2.24, 2.45) is 5.73 Å². The maximum absolute atomic E-state index is 6.39. The number of benzene rings is 1. The van der Waals surface area contributed by atoms with Crippen LogP contribution in [0.3, 0.4) is 0 Å². The van der Waals surface area contributed by atoms with Crippen LogP contribution in [0, 0.1) is 0 Å². The molecular formula is C15H20ClN3S. The minimum Gasteiger partial charge on any atom is -0.389 e. The zero-order chi connectivity index (χ0) is 14.1. The van der Waals surface area contributed by atoms with Crippen molar-refractivity contribution in [1.29, 1.82) is 0 Å². The second-order valence-corrected chi connectivity index (χ2v) is 6.51. The lowest BCUT2D eigenvalue weighted by Crippen LogP contribution is -2.35. The van der Waals surface area contributed by atoms with Gasteiger partial charge in [-0.15, -0.1) is 0 Å². The summed E-state index contributed by atoms with van der Waals surface area (Å²) in [5.74, 6) is 0. The Kier molecular flexibility index (Phi) is 4.15. The number of nitrogens with zero attached hydrogens (tertiary/aromatic N) is 2. The molecule has 1 aromatic rings. The van der Waals surface area contributed by atoms with Crippen LogP contribution in [0.5, 0.6) is 0 Å². The first kappa shape index (κ1) is 14.1. The normalized spacial score (nSPS) is 23.4. The molecule has 108 valence electrons. The number of anilines is 1. The van der Waals surface area contributed by atoms with Gasteiger partial charge in [-0.25, -0.2) is 0 Å². The lowest BCUT2D eigenvalue weighted by atomic mass is 10.2. The highest BCUT2D eigenvalue weighted by molar-refractivity contribution is 7.80. The van der Waals surface area contributed by atoms with E-state index in [-0.39, 0.29) is 0 Å². The van der Waals surface area contributed by atoms with Crippen molar-refractivity contribution >= 4 is 34.5 Å². The minimum absolute atomic E-state index is 0.398. The van der Waals surface area contributed by atoms with Gasteiger partial charge in [0.25, 0.3) is 0 Å². The van der Waals surface area contributed by atoms with Crippen LogP contribution in [-0.2, 0) is 0 Å². The molecule has 2 heterocycles. The molecule has 2 fully saturated rings. The van der Waals surface area contributed by atoms with E-state index in [1.165, 1.54) is 32.4 Å². The van der Waals surface area contributed by atoms with Gasteiger partial charge in [0.1, 0.15) is 4.99 Å². The number of thiocarbonyl (C=S) groups is 1. The Bertz CT molecular complexity index is 514. The fraction of sp³-hybridized carbons (Fsp3) is 0.533. The van der Waals surface area contributed by atoms with Crippen molar-refractivity contribution in [3.8, 4) is 0 Å². The second kappa shape index (κ2) is 5.88. The highest BCUT2D eigenvalue weighted by Gasteiger charge is 2.30. The summed E-state index contributed by atoms with van der Waals surface area (Å²) in [5.41, 5.74) is 7.59. The van der Waals surface area contributed by atoms with Gasteiger partial charge in [0, 0.05) is 24.7 Å². The molecule has 0 spiro atoms. The molecule has 3 nitrogen and oxygen atoms in total. The van der Waals surface area contributed by atoms with Gasteiger partial charge in [-0.05, 0) is 50.6 Å². The van der Waals surface area contributed by atoms with E-state index in [4.69, 9.17) is 29.6 Å². The molecule has 3 rings (SSSR count). The fourth-order valence-corrected chi connectivity index (χ4v) is 3.71. The lowest BCUT2D eigenvalue weighted by molar-refractivity contribution is 0.260. The van der Waals surface area contributed by atoms with Crippen LogP contribution in [0.1, 0.15) is 24.8 Å². The first-order valence-corrected chi connectivity index (χ1v) is 8.02. The van der Waals surface area contributed by atoms with Crippen molar-refractivity contribution in [3.05, 3.63) is 28.8 Å². The van der Waals surface area contributed by atoms with Gasteiger partial charge in [0.05, 0.1) is 10.7 Å². The van der Waals surface area contributed by atoms with Gasteiger partial charge in [-0.3, -0.25) is 4.90 Å². The molecule has 20 heavy (non-hydrogen) atoms. The average Bonchev–Trinajstić information content (AvgIpc) is 3.09. The van der Waals surface area contributed by atoms with Gasteiger partial charge in [0.15, 0.2) is 0 Å². The summed E-state index contributed by atoms with van der Waals surface area (Å²) in [6.45, 7) is 4.67. The summed E-state index contributed by atoms with van der Waals surface area (Å²) in [7, 11) is 0. The molecule has 0 saturated carbocycles. The maximum Gasteiger partial charge on any atom is 0.104 e. The molecule has 0 bridgehead atoms. The molecule has 0 aromatic heterocycles. The molecule has 0 radical (unpaired) electrons. The van der Waals surface area contributed by atoms with Crippen LogP contribution in [-0.4, -0.2) is 42.1 Å². The number of nitrogens with two attached hydrogens (primary N) is 1. The van der Waals surface area contributed by atoms with Crippen LogP contribution in [0.4, 0.5) is 5.69 Å². The van der Waals surface area contributed by atoms with E-state index < -0.39 is 0 Å². The van der Waals surface area contributed by atoms with E-state index in [1.54, 1.807) is 0 Å². The number of hydrogen-bond acceptors (Lipinski definition) is 3. The molecule has 2 saturated heterocycles. The summed E-state index contributed by atoms with van der Waals surface area (Å²) in [6, 6.07) is 6.57. The molecule has 0 aliphatic carbocycles. The van der Waals surface area contributed by atoms with Gasteiger partial charge >= 0.3 is 0 Å². The quantitative estimate of drug-likeness (QED) is 0.870. The monoisotopic (exact) mass is 309 g/mol. The van der Waals surface area contributed by atoms with Gasteiger partial charge < -0.3 is 10.6 Å². The van der Waals surface area contributed by atoms with Crippen LogP contribution in [0.15, 0.2) is 18.2 Å². The summed E-state index contributed by atoms with van der Waals surface area (Å²) < 4.78 is 0. The molecule has 1 atom stereocenters. The Hall–Kier alpha value is -0.840. The van der Waals surface area contributed by atoms with E-state index >= 15 is 0 Å². The lowest BCUT2D eigenvalue weighted by Gasteiger charge is -2.25. The third-order valence-corrected chi connectivity index (χ3v) is 4.93. The predicted octanol–water partition coefficient (Wildman–Crippen LogP) is 2.65. The van der Waals surface area contributed by atoms with Crippen molar-refractivity contribution < 1.29 is 0 Å². The predicted molar refractivity (Wildman–Crippen MR) is 88.8 cm³/mol. The Morgan fingerprint density at radius 1 is 1.25 bits per heavy atom. The number of likely N-dealkylation sites (tertiary alicyclic amines) is 1. The Balaban J connectivity index is 1.72. The molecule has 1 aromatic carbocycles. The zero-order valence-electron chi connectivity index (χ0n) is 11.5. The largest absolute Gasteiger partial charge is 0.389 e. The van der Waals surface area contributed by atoms with Crippen LogP contribution >= 0.6 is 23.8 Å². The SMILES string of the molecule is NC(=S)c1ccc(N2CCC(N3CCCC3)C2)c(Cl)c1. The molecule has 2 N–H and O–H groups in total. The van der Waals surface area contributed by atoms with Crippen molar-refractivity contribution in [2.45, 2.75) is 25.3 Å². The van der Waals surface area contributed by atoms with E-state index in [9.17, 15) is 0 Å². The van der Waals surface area contributed by atoms with E-state index in [0.717, 1.165) is 29.4 Å². The molecular weight excluding hydrogens is 290 g/mol. The average molecular weight is 310 g/mol. The standard InChI is InChI=1S/C15H20ClN3S/c16-13-9-11(15(17)20)3-4-14(13)19-8-5-12(10-19)18-6-1-2-7-18/h3-4,9,12H,1-2,5-8,10H2,(H2,17,20). The van der Waals surface area contributed by atoms with E-state index in [2.05, 4.69) is 9.80 Å². The molecule has 2 aliphatic heterocycles. The van der Waals surface area contributed by atoms with Crippen LogP contribution in [0.2, 0.25) is 5.02 Å². The smallest absolute Gasteiger partial charge is 0.104 e. The fourth-order valence-electron chi connectivity index (χ4n) is 3.28. The maximum atomic E-state index is 6.39. The number of halogens is 1. The van der Waals surface area contributed by atoms with Gasteiger partial charge in [-0.2, -0.15) is 0 Å². The van der Waals surface area contributed by atoms with E-state index in [1.807, 2.05) is 18.2 Å². The highest BCUT2D eigenvalue weighted by atomic mass is 35.5. The molecule has 1 unspecified atom stereocenters. The highest BCUT2D eigenvalue weighted by Crippen LogP contribution is 2.31. The summed E-state index contributed by atoms with van der Waals surface area (Å²) in [5, 5.41) is 0.748. The van der Waals surface area contributed by atoms with Crippen molar-refractivity contribution in [1.82, 2.24) is 4.90 Å². The first-order chi connectivity index (χ1) is 9.65. The van der Waals surface area contributed by atoms with Crippen LogP contribution < -0.4 is 10.6 Å². The van der Waals surface area contributed by atoms with Gasteiger partial charge in [0.2, 0.25) is 0 Å². The van der Waals surface area contributed by atoms with Crippen molar-refractivity contribution in [3.63, 3.8) is 0 Å². The Morgan fingerprint density at radius 3 is 2.65 bits per heavy atom. The number of rotatable bonds is 3. The zero-order valence-corrected chi connectivity index (χ0v) is 13.1.